The Bertz CT molecular complexity index is 608. The lowest BCUT2D eigenvalue weighted by molar-refractivity contribution is -0.129. The minimum atomic E-state index is -0.422. The van der Waals surface area contributed by atoms with Gasteiger partial charge in [-0.15, -0.1) is 0 Å². The summed E-state index contributed by atoms with van der Waals surface area (Å²) in [6.07, 6.45) is 1.53. The number of amides is 2. The molecule has 0 bridgehead atoms. The van der Waals surface area contributed by atoms with Gasteiger partial charge in [0.05, 0.1) is 19.4 Å². The van der Waals surface area contributed by atoms with Crippen LogP contribution in [0.3, 0.4) is 0 Å². The lowest BCUT2D eigenvalue weighted by Gasteiger charge is -2.16. The lowest BCUT2D eigenvalue weighted by atomic mass is 10.2. The van der Waals surface area contributed by atoms with E-state index in [0.29, 0.717) is 17.9 Å². The molecule has 1 aromatic carbocycles. The number of nitrogens with one attached hydrogen (secondary N) is 1. The van der Waals surface area contributed by atoms with Gasteiger partial charge in [0, 0.05) is 12.6 Å². The van der Waals surface area contributed by atoms with Crippen molar-refractivity contribution in [2.75, 3.05) is 13.6 Å². The van der Waals surface area contributed by atoms with Gasteiger partial charge < -0.3 is 14.6 Å². The molecule has 1 aromatic heterocycles. The average Bonchev–Trinajstić information content (AvgIpc) is 2.98. The molecular formula is C15H15FN2O3. The zero-order valence-electron chi connectivity index (χ0n) is 11.5. The van der Waals surface area contributed by atoms with Crippen LogP contribution in [0.4, 0.5) is 4.39 Å². The van der Waals surface area contributed by atoms with Crippen molar-refractivity contribution in [3.8, 4) is 0 Å². The van der Waals surface area contributed by atoms with Crippen LogP contribution in [0.2, 0.25) is 0 Å². The predicted octanol–water partition coefficient (Wildman–Crippen LogP) is 1.81. The number of rotatable bonds is 5. The summed E-state index contributed by atoms with van der Waals surface area (Å²) in [5, 5.41) is 2.50. The van der Waals surface area contributed by atoms with E-state index in [9.17, 15) is 14.0 Å². The van der Waals surface area contributed by atoms with Gasteiger partial charge in [-0.1, -0.05) is 0 Å². The zero-order chi connectivity index (χ0) is 15.2. The first kappa shape index (κ1) is 14.8. The smallest absolute Gasteiger partial charge is 0.251 e. The third-order valence-electron chi connectivity index (χ3n) is 2.91. The fourth-order valence-electron chi connectivity index (χ4n) is 1.72. The lowest BCUT2D eigenvalue weighted by Crippen LogP contribution is -2.37. The summed E-state index contributed by atoms with van der Waals surface area (Å²) >= 11 is 0. The van der Waals surface area contributed by atoms with E-state index >= 15 is 0 Å². The van der Waals surface area contributed by atoms with Gasteiger partial charge in [0.25, 0.3) is 5.91 Å². The van der Waals surface area contributed by atoms with Gasteiger partial charge >= 0.3 is 0 Å². The summed E-state index contributed by atoms with van der Waals surface area (Å²) in [6.45, 7) is 0.200. The van der Waals surface area contributed by atoms with E-state index in [-0.39, 0.29) is 12.5 Å². The molecule has 0 saturated heterocycles. The van der Waals surface area contributed by atoms with Crippen molar-refractivity contribution in [1.82, 2.24) is 10.2 Å². The molecule has 0 aliphatic rings. The molecule has 21 heavy (non-hydrogen) atoms. The van der Waals surface area contributed by atoms with E-state index < -0.39 is 11.7 Å². The molecule has 0 spiro atoms. The molecule has 0 unspecified atom stereocenters. The highest BCUT2D eigenvalue weighted by Gasteiger charge is 2.13. The maximum Gasteiger partial charge on any atom is 0.251 e. The molecule has 0 radical (unpaired) electrons. The number of likely N-dealkylation sites (N-methyl/N-ethyl adjacent to an activating group) is 1. The van der Waals surface area contributed by atoms with Crippen LogP contribution in [0.25, 0.3) is 0 Å². The Morgan fingerprint density at radius 1 is 1.24 bits per heavy atom. The maximum atomic E-state index is 12.7. The van der Waals surface area contributed by atoms with E-state index in [4.69, 9.17) is 4.42 Å². The monoisotopic (exact) mass is 290 g/mol. The Morgan fingerprint density at radius 2 is 1.95 bits per heavy atom. The Labute approximate surface area is 121 Å². The number of furan rings is 1. The summed E-state index contributed by atoms with van der Waals surface area (Å²) in [4.78, 5) is 25.1. The van der Waals surface area contributed by atoms with E-state index in [2.05, 4.69) is 5.32 Å². The predicted molar refractivity (Wildman–Crippen MR) is 73.9 cm³/mol. The largest absolute Gasteiger partial charge is 0.467 e. The van der Waals surface area contributed by atoms with Gasteiger partial charge in [0.1, 0.15) is 11.6 Å². The Hall–Kier alpha value is -2.63. The van der Waals surface area contributed by atoms with Crippen LogP contribution in [0.15, 0.2) is 47.1 Å². The topological polar surface area (TPSA) is 62.6 Å². The summed E-state index contributed by atoms with van der Waals surface area (Å²) in [6, 6.07) is 8.62. The van der Waals surface area contributed by atoms with Crippen molar-refractivity contribution in [3.63, 3.8) is 0 Å². The van der Waals surface area contributed by atoms with Crippen LogP contribution in [0, 0.1) is 5.82 Å². The molecule has 1 heterocycles. The first-order chi connectivity index (χ1) is 10.1. The van der Waals surface area contributed by atoms with Crippen LogP contribution in [-0.4, -0.2) is 30.3 Å². The molecule has 0 aliphatic heterocycles. The maximum absolute atomic E-state index is 12.7. The molecular weight excluding hydrogens is 275 g/mol. The molecule has 5 nitrogen and oxygen atoms in total. The molecule has 0 aliphatic carbocycles. The van der Waals surface area contributed by atoms with E-state index in [1.165, 1.54) is 35.4 Å². The third-order valence-corrected chi connectivity index (χ3v) is 2.91. The number of nitrogens with zero attached hydrogens (tertiary/aromatic N) is 1. The van der Waals surface area contributed by atoms with Crippen LogP contribution < -0.4 is 5.32 Å². The molecule has 0 atom stereocenters. The second-order valence-electron chi connectivity index (χ2n) is 4.52. The van der Waals surface area contributed by atoms with Gasteiger partial charge in [-0.05, 0) is 36.4 Å². The summed E-state index contributed by atoms with van der Waals surface area (Å²) in [7, 11) is 1.62. The average molecular weight is 290 g/mol. The fraction of sp³-hybridized carbons (Fsp3) is 0.200. The van der Waals surface area contributed by atoms with Gasteiger partial charge in [0.15, 0.2) is 0 Å². The number of halogens is 1. The Balaban J connectivity index is 1.83. The molecule has 6 heteroatoms. The number of carbonyl (C=O) groups excluding carboxylic acids is 2. The molecule has 110 valence electrons. The van der Waals surface area contributed by atoms with E-state index in [0.717, 1.165) is 0 Å². The highest BCUT2D eigenvalue weighted by Crippen LogP contribution is 2.04. The fourth-order valence-corrected chi connectivity index (χ4v) is 1.72. The van der Waals surface area contributed by atoms with Gasteiger partial charge in [0.2, 0.25) is 5.91 Å². The van der Waals surface area contributed by atoms with Crippen LogP contribution in [-0.2, 0) is 11.3 Å². The summed E-state index contributed by atoms with van der Waals surface area (Å²) < 4.78 is 17.9. The van der Waals surface area contributed by atoms with Crippen LogP contribution in [0.5, 0.6) is 0 Å². The number of hydrogen-bond acceptors (Lipinski definition) is 3. The molecule has 1 N–H and O–H groups in total. The van der Waals surface area contributed by atoms with E-state index in [1.807, 2.05) is 0 Å². The normalized spacial score (nSPS) is 10.2. The molecule has 2 rings (SSSR count). The standard InChI is InChI=1S/C15H15FN2O3/c1-18(10-13-3-2-8-21-13)14(19)9-17-15(20)11-4-6-12(16)7-5-11/h2-8H,9-10H2,1H3,(H,17,20). The zero-order valence-corrected chi connectivity index (χ0v) is 11.5. The Morgan fingerprint density at radius 3 is 2.57 bits per heavy atom. The minimum Gasteiger partial charge on any atom is -0.467 e. The quantitative estimate of drug-likeness (QED) is 0.913. The van der Waals surface area contributed by atoms with Gasteiger partial charge in [-0.25, -0.2) is 4.39 Å². The first-order valence-electron chi connectivity index (χ1n) is 6.36. The van der Waals surface area contributed by atoms with Gasteiger partial charge in [-0.3, -0.25) is 9.59 Å². The number of benzene rings is 1. The molecule has 2 amide bonds. The number of carbonyl (C=O) groups is 2. The molecule has 0 fully saturated rings. The van der Waals surface area contributed by atoms with Crippen LogP contribution in [0.1, 0.15) is 16.1 Å². The van der Waals surface area contributed by atoms with Gasteiger partial charge in [-0.2, -0.15) is 0 Å². The molecule has 2 aromatic rings. The van der Waals surface area contributed by atoms with Crippen molar-refractivity contribution < 1.29 is 18.4 Å². The highest BCUT2D eigenvalue weighted by atomic mass is 19.1. The summed E-state index contributed by atoms with van der Waals surface area (Å²) in [5.41, 5.74) is 0.304. The minimum absolute atomic E-state index is 0.132. The third kappa shape index (κ3) is 4.17. The van der Waals surface area contributed by atoms with E-state index in [1.54, 1.807) is 19.2 Å². The van der Waals surface area contributed by atoms with Crippen LogP contribution >= 0.6 is 0 Å². The van der Waals surface area contributed by atoms with Crippen molar-refractivity contribution >= 4 is 11.8 Å². The Kier molecular flexibility index (Phi) is 4.71. The second-order valence-corrected chi connectivity index (χ2v) is 4.52. The second kappa shape index (κ2) is 6.69. The van der Waals surface area contributed by atoms with Crippen molar-refractivity contribution in [2.24, 2.45) is 0 Å². The number of hydrogen-bond donors (Lipinski definition) is 1. The first-order valence-corrected chi connectivity index (χ1v) is 6.36. The van der Waals surface area contributed by atoms with Crippen molar-refractivity contribution in [2.45, 2.75) is 6.54 Å². The van der Waals surface area contributed by atoms with Crippen molar-refractivity contribution in [3.05, 3.63) is 59.8 Å². The summed E-state index contributed by atoms with van der Waals surface area (Å²) in [5.74, 6) is -0.423. The highest BCUT2D eigenvalue weighted by molar-refractivity contribution is 5.96. The van der Waals surface area contributed by atoms with Crippen molar-refractivity contribution in [1.29, 1.82) is 0 Å². The molecule has 0 saturated carbocycles. The SMILES string of the molecule is CN(Cc1ccco1)C(=O)CNC(=O)c1ccc(F)cc1.